The predicted molar refractivity (Wildman–Crippen MR) is 65.8 cm³/mol. The van der Waals surface area contributed by atoms with Crippen LogP contribution < -0.4 is 4.90 Å². The Labute approximate surface area is 105 Å². The number of aromatic nitrogens is 2. The molecule has 2 N–H and O–H groups in total. The lowest BCUT2D eigenvalue weighted by molar-refractivity contribution is 0.0695. The van der Waals surface area contributed by atoms with E-state index in [1.165, 1.54) is 6.20 Å². The maximum Gasteiger partial charge on any atom is 0.339 e. The quantitative estimate of drug-likeness (QED) is 0.827. The molecule has 0 bridgehead atoms. The third kappa shape index (κ3) is 2.43. The molecular weight excluding hydrogens is 234 g/mol. The van der Waals surface area contributed by atoms with E-state index in [0.29, 0.717) is 11.6 Å². The largest absolute Gasteiger partial charge is 0.478 e. The Morgan fingerprint density at radius 3 is 2.94 bits per heavy atom. The van der Waals surface area contributed by atoms with E-state index >= 15 is 0 Å². The minimum Gasteiger partial charge on any atom is -0.478 e. The van der Waals surface area contributed by atoms with Crippen LogP contribution in [0.25, 0.3) is 0 Å². The van der Waals surface area contributed by atoms with Crippen molar-refractivity contribution in [2.24, 2.45) is 0 Å². The summed E-state index contributed by atoms with van der Waals surface area (Å²) in [7, 11) is 0. The summed E-state index contributed by atoms with van der Waals surface area (Å²) in [5.41, 5.74) is 0.575. The summed E-state index contributed by atoms with van der Waals surface area (Å²) < 4.78 is 0. The van der Waals surface area contributed by atoms with Gasteiger partial charge in [0.25, 0.3) is 0 Å². The van der Waals surface area contributed by atoms with Gasteiger partial charge in [-0.15, -0.1) is 0 Å². The molecule has 0 aliphatic carbocycles. The highest BCUT2D eigenvalue weighted by Gasteiger charge is 2.24. The summed E-state index contributed by atoms with van der Waals surface area (Å²) in [6.45, 7) is 2.53. The Bertz CT molecular complexity index is 450. The van der Waals surface area contributed by atoms with Crippen molar-refractivity contribution >= 4 is 11.9 Å². The fraction of sp³-hybridized carbons (Fsp3) is 0.583. The summed E-state index contributed by atoms with van der Waals surface area (Å²) in [4.78, 5) is 21.2. The third-order valence-electron chi connectivity index (χ3n) is 3.29. The summed E-state index contributed by atoms with van der Waals surface area (Å²) >= 11 is 0. The van der Waals surface area contributed by atoms with Crippen molar-refractivity contribution in [3.63, 3.8) is 0 Å². The number of anilines is 1. The van der Waals surface area contributed by atoms with E-state index in [4.69, 9.17) is 5.11 Å². The molecule has 1 atom stereocenters. The van der Waals surface area contributed by atoms with Gasteiger partial charge in [-0.2, -0.15) is 0 Å². The van der Waals surface area contributed by atoms with Gasteiger partial charge in [-0.05, 0) is 26.2 Å². The standard InChI is InChI=1S/C12H17N3O3/c1-8-10(11(17)18)6-13-12(14-8)15-5-3-2-4-9(15)7-16/h6,9,16H,2-5,7H2,1H3,(H,17,18). The number of hydrogen-bond donors (Lipinski definition) is 2. The molecule has 0 saturated carbocycles. The van der Waals surface area contributed by atoms with Crippen LogP contribution >= 0.6 is 0 Å². The second-order valence-electron chi connectivity index (χ2n) is 4.50. The van der Waals surface area contributed by atoms with Crippen molar-refractivity contribution in [1.82, 2.24) is 9.97 Å². The van der Waals surface area contributed by atoms with Crippen molar-refractivity contribution in [2.75, 3.05) is 18.1 Å². The van der Waals surface area contributed by atoms with Gasteiger partial charge in [0.1, 0.15) is 0 Å². The van der Waals surface area contributed by atoms with Gasteiger partial charge in [0.15, 0.2) is 0 Å². The molecule has 1 aromatic rings. The monoisotopic (exact) mass is 251 g/mol. The number of nitrogens with zero attached hydrogens (tertiary/aromatic N) is 3. The van der Waals surface area contributed by atoms with Crippen LogP contribution in [0.5, 0.6) is 0 Å². The summed E-state index contributed by atoms with van der Waals surface area (Å²) in [5, 5.41) is 18.3. The molecule has 1 aliphatic rings. The molecule has 98 valence electrons. The zero-order valence-corrected chi connectivity index (χ0v) is 10.3. The lowest BCUT2D eigenvalue weighted by atomic mass is 10.0. The molecule has 6 nitrogen and oxygen atoms in total. The van der Waals surface area contributed by atoms with Gasteiger partial charge < -0.3 is 15.1 Å². The van der Waals surface area contributed by atoms with Gasteiger partial charge in [-0.25, -0.2) is 14.8 Å². The first kappa shape index (κ1) is 12.8. The highest BCUT2D eigenvalue weighted by atomic mass is 16.4. The molecule has 18 heavy (non-hydrogen) atoms. The van der Waals surface area contributed by atoms with E-state index in [9.17, 15) is 9.90 Å². The van der Waals surface area contributed by atoms with E-state index < -0.39 is 5.97 Å². The maximum atomic E-state index is 10.9. The van der Waals surface area contributed by atoms with Gasteiger partial charge in [-0.1, -0.05) is 0 Å². The van der Waals surface area contributed by atoms with E-state index in [1.54, 1.807) is 6.92 Å². The number of aliphatic hydroxyl groups is 1. The smallest absolute Gasteiger partial charge is 0.339 e. The van der Waals surface area contributed by atoms with Crippen LogP contribution in [0, 0.1) is 6.92 Å². The van der Waals surface area contributed by atoms with Gasteiger partial charge in [-0.3, -0.25) is 0 Å². The first-order valence-corrected chi connectivity index (χ1v) is 6.08. The molecule has 0 amide bonds. The lowest BCUT2D eigenvalue weighted by Gasteiger charge is -2.34. The topological polar surface area (TPSA) is 86.5 Å². The molecule has 2 heterocycles. The van der Waals surface area contributed by atoms with Crippen molar-refractivity contribution in [2.45, 2.75) is 32.2 Å². The Kier molecular flexibility index (Phi) is 3.76. The maximum absolute atomic E-state index is 10.9. The van der Waals surface area contributed by atoms with Crippen molar-refractivity contribution in [3.05, 3.63) is 17.5 Å². The molecule has 6 heteroatoms. The summed E-state index contributed by atoms with van der Waals surface area (Å²) in [6.07, 6.45) is 4.39. The van der Waals surface area contributed by atoms with Crippen LogP contribution in [0.2, 0.25) is 0 Å². The second-order valence-corrected chi connectivity index (χ2v) is 4.50. The van der Waals surface area contributed by atoms with Crippen molar-refractivity contribution < 1.29 is 15.0 Å². The molecular formula is C12H17N3O3. The zero-order chi connectivity index (χ0) is 13.1. The summed E-state index contributed by atoms with van der Waals surface area (Å²) in [6, 6.07) is 0.0360. The van der Waals surface area contributed by atoms with Gasteiger partial charge in [0, 0.05) is 12.7 Å². The van der Waals surface area contributed by atoms with E-state index in [2.05, 4.69) is 9.97 Å². The number of aliphatic hydroxyl groups excluding tert-OH is 1. The Morgan fingerprint density at radius 2 is 2.33 bits per heavy atom. The molecule has 0 aromatic carbocycles. The van der Waals surface area contributed by atoms with E-state index in [-0.39, 0.29) is 18.2 Å². The number of aryl methyl sites for hydroxylation is 1. The fourth-order valence-corrected chi connectivity index (χ4v) is 2.26. The third-order valence-corrected chi connectivity index (χ3v) is 3.29. The first-order chi connectivity index (χ1) is 8.63. The summed E-state index contributed by atoms with van der Waals surface area (Å²) in [5.74, 6) is -0.507. The van der Waals surface area contributed by atoms with Gasteiger partial charge in [0.2, 0.25) is 5.95 Å². The fourth-order valence-electron chi connectivity index (χ4n) is 2.26. The highest BCUT2D eigenvalue weighted by Crippen LogP contribution is 2.22. The molecule has 1 unspecified atom stereocenters. The van der Waals surface area contributed by atoms with E-state index in [0.717, 1.165) is 25.8 Å². The van der Waals surface area contributed by atoms with Crippen LogP contribution in [-0.2, 0) is 0 Å². The predicted octanol–water partition coefficient (Wildman–Crippen LogP) is 0.834. The second kappa shape index (κ2) is 5.30. The lowest BCUT2D eigenvalue weighted by Crippen LogP contribution is -2.43. The zero-order valence-electron chi connectivity index (χ0n) is 10.3. The van der Waals surface area contributed by atoms with Crippen LogP contribution in [0.1, 0.15) is 35.3 Å². The Balaban J connectivity index is 2.27. The van der Waals surface area contributed by atoms with Crippen LogP contribution in [-0.4, -0.2) is 45.3 Å². The van der Waals surface area contributed by atoms with Crippen LogP contribution in [0.3, 0.4) is 0 Å². The number of carbonyl (C=O) groups is 1. The molecule has 0 spiro atoms. The molecule has 0 radical (unpaired) electrons. The minimum absolute atomic E-state index is 0.0360. The number of rotatable bonds is 3. The molecule has 1 aliphatic heterocycles. The molecule has 1 aromatic heterocycles. The number of carboxylic acid groups (broad SMARTS) is 1. The first-order valence-electron chi connectivity index (χ1n) is 6.08. The van der Waals surface area contributed by atoms with Gasteiger partial charge in [0.05, 0.1) is 23.9 Å². The molecule has 2 rings (SSSR count). The number of carboxylic acids is 1. The highest BCUT2D eigenvalue weighted by molar-refractivity contribution is 5.88. The van der Waals surface area contributed by atoms with Crippen molar-refractivity contribution in [1.29, 1.82) is 0 Å². The molecule has 1 fully saturated rings. The van der Waals surface area contributed by atoms with Crippen LogP contribution in [0.4, 0.5) is 5.95 Å². The average molecular weight is 251 g/mol. The van der Waals surface area contributed by atoms with E-state index in [1.807, 2.05) is 4.90 Å². The Hall–Kier alpha value is -1.69. The number of aromatic carboxylic acids is 1. The normalized spacial score (nSPS) is 19.9. The van der Waals surface area contributed by atoms with Crippen molar-refractivity contribution in [3.8, 4) is 0 Å². The van der Waals surface area contributed by atoms with Gasteiger partial charge >= 0.3 is 5.97 Å². The van der Waals surface area contributed by atoms with Crippen LogP contribution in [0.15, 0.2) is 6.20 Å². The average Bonchev–Trinajstić information content (AvgIpc) is 2.38. The SMILES string of the molecule is Cc1nc(N2CCCCC2CO)ncc1C(=O)O. The molecule has 1 saturated heterocycles. The number of hydrogen-bond acceptors (Lipinski definition) is 5. The number of piperidine rings is 1. The Morgan fingerprint density at radius 1 is 1.56 bits per heavy atom. The minimum atomic E-state index is -1.02.